The zero-order valence-corrected chi connectivity index (χ0v) is 25.1. The molecule has 0 radical (unpaired) electrons. The number of aromatic nitrogens is 3. The highest BCUT2D eigenvalue weighted by molar-refractivity contribution is 14.1. The Morgan fingerprint density at radius 3 is 1.77 bits per heavy atom. The van der Waals surface area contributed by atoms with Crippen LogP contribution in [0.1, 0.15) is 16.2 Å². The number of aliphatic carboxylic acids is 1. The molecule has 3 aromatic rings. The third-order valence-corrected chi connectivity index (χ3v) is 5.17. The number of carboxylic acid groups (broad SMARTS) is 2. The number of halogens is 4. The highest BCUT2D eigenvalue weighted by Gasteiger charge is 2.09. The minimum atomic E-state index is -1.13. The minimum Gasteiger partial charge on any atom is -0.479 e. The number of carboxylic acids is 2. The lowest BCUT2D eigenvalue weighted by atomic mass is 10.3. The summed E-state index contributed by atoms with van der Waals surface area (Å²) in [4.78, 5) is 31.9. The molecule has 3 aromatic heterocycles. The molecule has 0 unspecified atom stereocenters. The summed E-state index contributed by atoms with van der Waals surface area (Å²) in [7, 11) is 3.01. The number of nitrogens with zero attached hydrogens (tertiary/aromatic N) is 4. The lowest BCUT2D eigenvalue weighted by Gasteiger charge is -2.05. The molecule has 40 heavy (non-hydrogen) atoms. The second-order valence-corrected chi connectivity index (χ2v) is 8.77. The lowest BCUT2D eigenvalue weighted by Crippen LogP contribution is -2.09. The van der Waals surface area contributed by atoms with E-state index in [0.29, 0.717) is 16.7 Å². The highest BCUT2D eigenvalue weighted by Crippen LogP contribution is 2.23. The predicted octanol–water partition coefficient (Wildman–Crippen LogP) is 4.81. The molecule has 0 spiro atoms. The van der Waals surface area contributed by atoms with E-state index in [1.165, 1.54) is 31.4 Å². The molecule has 0 saturated heterocycles. The van der Waals surface area contributed by atoms with Crippen LogP contribution in [0.25, 0.3) is 0 Å². The van der Waals surface area contributed by atoms with Gasteiger partial charge in [0.1, 0.15) is 21.2 Å². The maximum absolute atomic E-state index is 10.5. The van der Waals surface area contributed by atoms with Crippen LogP contribution in [-0.4, -0.2) is 71.5 Å². The Hall–Kier alpha value is -3.20. The van der Waals surface area contributed by atoms with Crippen molar-refractivity contribution in [2.75, 3.05) is 34.4 Å². The zero-order chi connectivity index (χ0) is 30.1. The largest absolute Gasteiger partial charge is 0.479 e. The van der Waals surface area contributed by atoms with Gasteiger partial charge in [0.05, 0.1) is 0 Å². The number of aromatic carboxylic acids is 1. The number of ether oxygens (including phenoxy) is 5. The molecule has 0 aliphatic rings. The van der Waals surface area contributed by atoms with Crippen LogP contribution in [0.4, 0.5) is 0 Å². The fraction of sp³-hybridized carbons (Fsp3) is 0.217. The quantitative estimate of drug-likeness (QED) is 0.165. The Morgan fingerprint density at radius 1 is 0.825 bits per heavy atom. The van der Waals surface area contributed by atoms with E-state index in [4.69, 9.17) is 69.2 Å². The first kappa shape index (κ1) is 34.8. The van der Waals surface area contributed by atoms with E-state index in [9.17, 15) is 9.59 Å². The molecule has 13 nitrogen and oxygen atoms in total. The average Bonchev–Trinajstić information content (AvgIpc) is 2.91. The Bertz CT molecular complexity index is 1330. The van der Waals surface area contributed by atoms with Gasteiger partial charge >= 0.3 is 11.9 Å². The molecular formula is C23H20Cl3IN4O9. The van der Waals surface area contributed by atoms with Crippen LogP contribution in [0, 0.1) is 15.0 Å². The molecule has 0 aliphatic heterocycles. The molecule has 0 saturated carbocycles. The molecule has 214 valence electrons. The SMILES string of the molecule is COCOc1ccc(C(=O)O)nc1Cl.COCOc1ccc(I)nc1Cl.N#Cc1ccc(OCC(=O)O)c(Cl)n1. The average molecular weight is 730 g/mol. The van der Waals surface area contributed by atoms with Crippen molar-refractivity contribution in [3.05, 3.63) is 66.9 Å². The Labute approximate surface area is 256 Å². The van der Waals surface area contributed by atoms with Crippen LogP contribution in [0.3, 0.4) is 0 Å². The second-order valence-electron chi connectivity index (χ2n) is 6.59. The van der Waals surface area contributed by atoms with Crippen molar-refractivity contribution in [1.82, 2.24) is 15.0 Å². The van der Waals surface area contributed by atoms with Crippen LogP contribution in [0.2, 0.25) is 15.5 Å². The molecule has 0 aromatic carbocycles. The summed E-state index contributed by atoms with van der Waals surface area (Å²) in [5, 5.41) is 25.7. The fourth-order valence-corrected chi connectivity index (χ4v) is 3.32. The van der Waals surface area contributed by atoms with E-state index in [-0.39, 0.29) is 41.0 Å². The number of hydrogen-bond donors (Lipinski definition) is 2. The van der Waals surface area contributed by atoms with Gasteiger partial charge in [0.15, 0.2) is 52.9 Å². The predicted molar refractivity (Wildman–Crippen MR) is 150 cm³/mol. The van der Waals surface area contributed by atoms with Gasteiger partial charge in [-0.1, -0.05) is 34.8 Å². The number of methoxy groups -OCH3 is 2. The van der Waals surface area contributed by atoms with Gasteiger partial charge in [0.2, 0.25) is 0 Å². The normalized spacial score (nSPS) is 9.62. The molecule has 2 N–H and O–H groups in total. The van der Waals surface area contributed by atoms with Crippen LogP contribution in [0.5, 0.6) is 17.2 Å². The summed E-state index contributed by atoms with van der Waals surface area (Å²) in [5.41, 5.74) is 0.0254. The summed E-state index contributed by atoms with van der Waals surface area (Å²) in [5.74, 6) is -1.26. The van der Waals surface area contributed by atoms with Crippen molar-refractivity contribution in [3.63, 3.8) is 0 Å². The first-order chi connectivity index (χ1) is 19.0. The smallest absolute Gasteiger partial charge is 0.354 e. The number of hydrogen-bond acceptors (Lipinski definition) is 11. The summed E-state index contributed by atoms with van der Waals surface area (Å²) < 4.78 is 25.1. The minimum absolute atomic E-state index is 0.00181. The molecule has 3 heterocycles. The molecule has 0 atom stereocenters. The fourth-order valence-electron chi connectivity index (χ4n) is 2.13. The number of carbonyl (C=O) groups is 2. The number of pyridine rings is 3. The summed E-state index contributed by atoms with van der Waals surface area (Å²) >= 11 is 19.1. The Balaban J connectivity index is 0.000000301. The first-order valence-corrected chi connectivity index (χ1v) is 12.6. The van der Waals surface area contributed by atoms with Crippen molar-refractivity contribution >= 4 is 69.3 Å². The van der Waals surface area contributed by atoms with E-state index in [1.54, 1.807) is 19.2 Å². The Morgan fingerprint density at radius 2 is 1.32 bits per heavy atom. The van der Waals surface area contributed by atoms with Crippen LogP contribution < -0.4 is 14.2 Å². The van der Waals surface area contributed by atoms with Gasteiger partial charge < -0.3 is 33.9 Å². The highest BCUT2D eigenvalue weighted by atomic mass is 127. The van der Waals surface area contributed by atoms with Gasteiger partial charge in [-0.05, 0) is 59.0 Å². The molecule has 0 bridgehead atoms. The monoisotopic (exact) mass is 728 g/mol. The zero-order valence-electron chi connectivity index (χ0n) is 20.6. The lowest BCUT2D eigenvalue weighted by molar-refractivity contribution is -0.139. The van der Waals surface area contributed by atoms with E-state index < -0.39 is 18.5 Å². The maximum atomic E-state index is 10.5. The Kier molecular flexibility index (Phi) is 16.5. The van der Waals surface area contributed by atoms with Crippen molar-refractivity contribution in [2.45, 2.75) is 0 Å². The van der Waals surface area contributed by atoms with E-state index in [1.807, 2.05) is 6.07 Å². The molecule has 0 amide bonds. The van der Waals surface area contributed by atoms with Gasteiger partial charge in [-0.25, -0.2) is 24.5 Å². The summed E-state index contributed by atoms with van der Waals surface area (Å²) in [6.45, 7) is -0.275. The van der Waals surface area contributed by atoms with Crippen LogP contribution >= 0.6 is 57.4 Å². The second kappa shape index (κ2) is 19.0. The molecule has 0 fully saturated rings. The molecular weight excluding hydrogens is 710 g/mol. The summed E-state index contributed by atoms with van der Waals surface area (Å²) in [6.07, 6.45) is 0. The van der Waals surface area contributed by atoms with Crippen molar-refractivity contribution < 1.29 is 43.5 Å². The third-order valence-electron chi connectivity index (χ3n) is 3.76. The maximum Gasteiger partial charge on any atom is 0.354 e. The van der Waals surface area contributed by atoms with E-state index >= 15 is 0 Å². The molecule has 17 heteroatoms. The first-order valence-electron chi connectivity index (χ1n) is 10.4. The van der Waals surface area contributed by atoms with Crippen molar-refractivity contribution in [3.8, 4) is 23.3 Å². The van der Waals surface area contributed by atoms with Crippen molar-refractivity contribution in [2.24, 2.45) is 0 Å². The summed E-state index contributed by atoms with van der Waals surface area (Å²) in [6, 6.07) is 10.9. The number of nitriles is 1. The van der Waals surface area contributed by atoms with Crippen molar-refractivity contribution in [1.29, 1.82) is 5.26 Å². The topological polar surface area (TPSA) is 183 Å². The van der Waals surface area contributed by atoms with Gasteiger partial charge in [-0.3, -0.25) is 0 Å². The van der Waals surface area contributed by atoms with Crippen LogP contribution in [0.15, 0.2) is 36.4 Å². The molecule has 0 aliphatic carbocycles. The molecule has 3 rings (SSSR count). The van der Waals surface area contributed by atoms with E-state index in [0.717, 1.165) is 3.70 Å². The van der Waals surface area contributed by atoms with Gasteiger partial charge in [0, 0.05) is 14.2 Å². The third kappa shape index (κ3) is 13.2. The number of rotatable bonds is 10. The van der Waals surface area contributed by atoms with E-state index in [2.05, 4.69) is 42.3 Å². The van der Waals surface area contributed by atoms with Gasteiger partial charge in [0.25, 0.3) is 0 Å². The standard InChI is InChI=1S/C8H5ClN2O3.C8H8ClNO4.C7H7ClINO2/c9-8-6(14-4-7(12)13)2-1-5(3-10)11-8;1-13-4-14-6-3-2-5(8(11)12)10-7(6)9;1-11-4-12-5-2-3-6(9)10-7(5)8/h1-2H,4H2,(H,12,13);2-3H,4H2,1H3,(H,11,12);2-3H,4H2,1H3. The van der Waals surface area contributed by atoms with Gasteiger partial charge in [-0.2, -0.15) is 5.26 Å². The van der Waals surface area contributed by atoms with Crippen LogP contribution in [-0.2, 0) is 14.3 Å². The van der Waals surface area contributed by atoms with Gasteiger partial charge in [-0.15, -0.1) is 0 Å².